The fraction of sp³-hybridized carbons (Fsp3) is 0.304. The molecule has 0 aromatic heterocycles. The molecule has 0 radical (unpaired) electrons. The van der Waals surface area contributed by atoms with Crippen LogP contribution in [0.5, 0.6) is 0 Å². The Morgan fingerprint density at radius 1 is 0.871 bits per heavy atom. The number of hydrogen-bond acceptors (Lipinski definition) is 5. The van der Waals surface area contributed by atoms with Crippen LogP contribution in [0.2, 0.25) is 0 Å². The Bertz CT molecular complexity index is 1010. The minimum atomic E-state index is -0.691. The van der Waals surface area contributed by atoms with E-state index in [0.717, 1.165) is 0 Å². The van der Waals surface area contributed by atoms with Gasteiger partial charge >= 0.3 is 5.97 Å². The van der Waals surface area contributed by atoms with E-state index in [9.17, 15) is 19.2 Å². The molecular weight excluding hydrogens is 530 g/mol. The number of rotatable bonds is 5. The molecule has 0 spiro atoms. The second kappa shape index (κ2) is 9.04. The molecule has 1 saturated carbocycles. The first-order valence-electron chi connectivity index (χ1n) is 9.88. The van der Waals surface area contributed by atoms with Gasteiger partial charge in [0.2, 0.25) is 11.8 Å². The maximum atomic E-state index is 13.0. The third-order valence-electron chi connectivity index (χ3n) is 5.68. The lowest BCUT2D eigenvalue weighted by Gasteiger charge is -2.29. The van der Waals surface area contributed by atoms with Crippen molar-refractivity contribution in [3.8, 4) is 0 Å². The summed E-state index contributed by atoms with van der Waals surface area (Å²) in [5.41, 5.74) is 0.964. The standard InChI is InChI=1S/C23H19Br2NO5/c24-18-10-16-17(11-19(18)25)22(29)26(21(16)28)15-8-4-7-14(9-15)23(30)31-12-20(27)13-5-2-1-3-6-13/h1-9,16-19H,10-12H2. The molecule has 2 aromatic carbocycles. The number of esters is 1. The molecule has 4 rings (SSSR count). The van der Waals surface area contributed by atoms with Crippen LogP contribution in [0.15, 0.2) is 54.6 Å². The number of halogens is 2. The number of imide groups is 1. The van der Waals surface area contributed by atoms with Crippen molar-refractivity contribution in [2.45, 2.75) is 22.5 Å². The van der Waals surface area contributed by atoms with Gasteiger partial charge in [0, 0.05) is 15.2 Å². The van der Waals surface area contributed by atoms with Gasteiger partial charge in [0.25, 0.3) is 0 Å². The van der Waals surface area contributed by atoms with Gasteiger partial charge in [-0.1, -0.05) is 68.3 Å². The third kappa shape index (κ3) is 4.36. The van der Waals surface area contributed by atoms with Crippen LogP contribution in [0.1, 0.15) is 33.6 Å². The Labute approximate surface area is 196 Å². The number of benzene rings is 2. The molecule has 160 valence electrons. The van der Waals surface area contributed by atoms with E-state index < -0.39 is 12.6 Å². The number of amides is 2. The number of ketones is 1. The van der Waals surface area contributed by atoms with Crippen molar-refractivity contribution in [1.29, 1.82) is 0 Å². The lowest BCUT2D eigenvalue weighted by molar-refractivity contribution is -0.122. The van der Waals surface area contributed by atoms with Gasteiger partial charge in [-0.2, -0.15) is 0 Å². The van der Waals surface area contributed by atoms with Crippen LogP contribution >= 0.6 is 31.9 Å². The molecular formula is C23H19Br2NO5. The molecule has 4 unspecified atom stereocenters. The van der Waals surface area contributed by atoms with Crippen molar-refractivity contribution in [2.24, 2.45) is 11.8 Å². The van der Waals surface area contributed by atoms with Gasteiger partial charge in [0.1, 0.15) is 0 Å². The number of nitrogens with zero attached hydrogens (tertiary/aromatic N) is 1. The van der Waals surface area contributed by atoms with Gasteiger partial charge < -0.3 is 4.74 Å². The van der Waals surface area contributed by atoms with Crippen LogP contribution in [-0.4, -0.2) is 39.8 Å². The minimum Gasteiger partial charge on any atom is -0.454 e. The summed E-state index contributed by atoms with van der Waals surface area (Å²) in [5, 5.41) is 0. The Hall–Kier alpha value is -2.32. The van der Waals surface area contributed by atoms with E-state index in [1.807, 2.05) is 0 Å². The van der Waals surface area contributed by atoms with Crippen molar-refractivity contribution in [1.82, 2.24) is 0 Å². The number of hydrogen-bond donors (Lipinski definition) is 0. The zero-order valence-corrected chi connectivity index (χ0v) is 19.5. The highest BCUT2D eigenvalue weighted by atomic mass is 79.9. The van der Waals surface area contributed by atoms with Crippen LogP contribution < -0.4 is 4.90 Å². The molecule has 0 bridgehead atoms. The predicted octanol–water partition coefficient (Wildman–Crippen LogP) is 4.15. The minimum absolute atomic E-state index is 0.119. The molecule has 1 aliphatic carbocycles. The van der Waals surface area contributed by atoms with Crippen LogP contribution in [0, 0.1) is 11.8 Å². The SMILES string of the molecule is O=C(COC(=O)c1cccc(N2C(=O)C3CC(Br)C(Br)CC3C2=O)c1)c1ccccc1. The number of fused-ring (bicyclic) bond motifs is 1. The monoisotopic (exact) mass is 547 g/mol. The first-order valence-corrected chi connectivity index (χ1v) is 11.7. The molecule has 31 heavy (non-hydrogen) atoms. The highest BCUT2D eigenvalue weighted by Crippen LogP contribution is 2.44. The average molecular weight is 549 g/mol. The first-order chi connectivity index (χ1) is 14.9. The van der Waals surface area contributed by atoms with Crippen molar-refractivity contribution >= 4 is 61.1 Å². The Morgan fingerprint density at radius 2 is 1.45 bits per heavy atom. The van der Waals surface area contributed by atoms with Crippen molar-refractivity contribution in [2.75, 3.05) is 11.5 Å². The molecule has 1 heterocycles. The fourth-order valence-electron chi connectivity index (χ4n) is 4.04. The lowest BCUT2D eigenvalue weighted by atomic mass is 9.81. The Kier molecular flexibility index (Phi) is 6.39. The van der Waals surface area contributed by atoms with Crippen LogP contribution in [-0.2, 0) is 14.3 Å². The number of carbonyl (C=O) groups is 4. The number of anilines is 1. The smallest absolute Gasteiger partial charge is 0.338 e. The van der Waals surface area contributed by atoms with E-state index in [-0.39, 0.29) is 44.7 Å². The summed E-state index contributed by atoms with van der Waals surface area (Å²) in [7, 11) is 0. The van der Waals surface area contributed by atoms with Crippen LogP contribution in [0.25, 0.3) is 0 Å². The summed E-state index contributed by atoms with van der Waals surface area (Å²) in [6.07, 6.45) is 1.15. The Balaban J connectivity index is 1.48. The Morgan fingerprint density at radius 3 is 2.06 bits per heavy atom. The molecule has 2 fully saturated rings. The molecule has 1 aliphatic heterocycles. The number of carbonyl (C=O) groups excluding carboxylic acids is 4. The number of Topliss-reactive ketones (excluding diaryl/α,β-unsaturated/α-hetero) is 1. The predicted molar refractivity (Wildman–Crippen MR) is 122 cm³/mol. The highest BCUT2D eigenvalue weighted by molar-refractivity contribution is 9.12. The van der Waals surface area contributed by atoms with E-state index in [0.29, 0.717) is 24.1 Å². The van der Waals surface area contributed by atoms with Gasteiger partial charge in [-0.25, -0.2) is 4.79 Å². The molecule has 6 nitrogen and oxygen atoms in total. The van der Waals surface area contributed by atoms with Crippen LogP contribution in [0.3, 0.4) is 0 Å². The molecule has 4 atom stereocenters. The van der Waals surface area contributed by atoms with E-state index >= 15 is 0 Å². The van der Waals surface area contributed by atoms with Gasteiger partial charge in [-0.3, -0.25) is 19.3 Å². The van der Waals surface area contributed by atoms with Gasteiger partial charge in [-0.15, -0.1) is 0 Å². The highest BCUT2D eigenvalue weighted by Gasteiger charge is 2.52. The van der Waals surface area contributed by atoms with E-state index in [1.54, 1.807) is 42.5 Å². The average Bonchev–Trinajstić information content (AvgIpc) is 3.02. The summed E-state index contributed by atoms with van der Waals surface area (Å²) in [5.74, 6) is -2.24. The van der Waals surface area contributed by atoms with Gasteiger partial charge in [0.05, 0.1) is 23.1 Å². The topological polar surface area (TPSA) is 80.8 Å². The summed E-state index contributed by atoms with van der Waals surface area (Å²) in [4.78, 5) is 52.0. The van der Waals surface area contributed by atoms with Crippen LogP contribution in [0.4, 0.5) is 5.69 Å². The molecule has 2 aromatic rings. The maximum absolute atomic E-state index is 13.0. The summed E-state index contributed by atoms with van der Waals surface area (Å²) in [6, 6.07) is 14.8. The van der Waals surface area contributed by atoms with E-state index in [1.165, 1.54) is 17.0 Å². The lowest BCUT2D eigenvalue weighted by Crippen LogP contribution is -2.34. The molecule has 0 N–H and O–H groups in total. The second-order valence-corrected chi connectivity index (χ2v) is 10.00. The zero-order chi connectivity index (χ0) is 22.1. The molecule has 8 heteroatoms. The normalized spacial score (nSPS) is 25.3. The number of ether oxygens (including phenoxy) is 1. The molecule has 1 saturated heterocycles. The third-order valence-corrected chi connectivity index (χ3v) is 8.42. The summed E-state index contributed by atoms with van der Waals surface area (Å²) >= 11 is 7.15. The largest absolute Gasteiger partial charge is 0.454 e. The quantitative estimate of drug-likeness (QED) is 0.243. The molecule has 2 amide bonds. The molecule has 2 aliphatic rings. The van der Waals surface area contributed by atoms with Gasteiger partial charge in [0.15, 0.2) is 12.4 Å². The summed E-state index contributed by atoms with van der Waals surface area (Å²) < 4.78 is 5.15. The van der Waals surface area contributed by atoms with Crippen molar-refractivity contribution < 1.29 is 23.9 Å². The zero-order valence-electron chi connectivity index (χ0n) is 16.4. The van der Waals surface area contributed by atoms with E-state index in [4.69, 9.17) is 4.74 Å². The second-order valence-electron chi connectivity index (χ2n) is 7.64. The van der Waals surface area contributed by atoms with Crippen molar-refractivity contribution in [3.63, 3.8) is 0 Å². The van der Waals surface area contributed by atoms with Crippen molar-refractivity contribution in [3.05, 3.63) is 65.7 Å². The summed E-state index contributed by atoms with van der Waals surface area (Å²) in [6.45, 7) is -0.391. The van der Waals surface area contributed by atoms with Gasteiger partial charge in [-0.05, 0) is 31.0 Å². The van der Waals surface area contributed by atoms with E-state index in [2.05, 4.69) is 31.9 Å². The maximum Gasteiger partial charge on any atom is 0.338 e. The fourth-order valence-corrected chi connectivity index (χ4v) is 5.28. The number of alkyl halides is 2. The first kappa shape index (κ1) is 21.9.